The molecule has 0 fully saturated rings. The van der Waals surface area contributed by atoms with Gasteiger partial charge in [0.1, 0.15) is 17.6 Å². The Morgan fingerprint density at radius 1 is 0.968 bits per heavy atom. The summed E-state index contributed by atoms with van der Waals surface area (Å²) in [4.78, 5) is 27.5. The summed E-state index contributed by atoms with van der Waals surface area (Å²) in [6.07, 6.45) is 2.18. The quantitative estimate of drug-likeness (QED) is 0.574. The second kappa shape index (κ2) is 12.1. The van der Waals surface area contributed by atoms with Gasteiger partial charge in [0.15, 0.2) is 6.61 Å². The topological polar surface area (TPSA) is 58.6 Å². The Labute approximate surface area is 184 Å². The van der Waals surface area contributed by atoms with Gasteiger partial charge in [-0.15, -0.1) is 0 Å². The highest BCUT2D eigenvalue weighted by molar-refractivity contribution is 5.88. The molecule has 0 spiro atoms. The normalized spacial score (nSPS) is 12.7. The first-order chi connectivity index (χ1) is 14.9. The van der Waals surface area contributed by atoms with Crippen LogP contribution in [-0.4, -0.2) is 35.4 Å². The van der Waals surface area contributed by atoms with Crippen LogP contribution in [0.25, 0.3) is 0 Å². The third-order valence-electron chi connectivity index (χ3n) is 5.35. The fourth-order valence-electron chi connectivity index (χ4n) is 3.20. The molecule has 0 saturated carbocycles. The van der Waals surface area contributed by atoms with Gasteiger partial charge in [-0.2, -0.15) is 0 Å². The minimum atomic E-state index is -0.641. The fourth-order valence-corrected chi connectivity index (χ4v) is 3.20. The predicted octanol–water partition coefficient (Wildman–Crippen LogP) is 4.49. The van der Waals surface area contributed by atoms with E-state index in [1.165, 1.54) is 22.6 Å². The van der Waals surface area contributed by atoms with Crippen LogP contribution in [0.1, 0.15) is 51.7 Å². The van der Waals surface area contributed by atoms with E-state index in [1.54, 1.807) is 12.1 Å². The van der Waals surface area contributed by atoms with E-state index in [4.69, 9.17) is 4.74 Å². The Balaban J connectivity index is 2.18. The number of nitrogens with one attached hydrogen (secondary N) is 1. The maximum atomic E-state index is 13.3. The van der Waals surface area contributed by atoms with Crippen LogP contribution in [0.3, 0.4) is 0 Å². The standard InChI is InChI=1S/C25H33FN2O3/c1-5-18(4)27-25(30)23(7-3)28(16-20-8-12-21(26)13-9-20)24(29)17-31-22-14-10-19(6-2)11-15-22/h8-15,18,23H,5-7,16-17H2,1-4H3,(H,27,30)/t18-,23+/m0/s1. The van der Waals surface area contributed by atoms with Crippen molar-refractivity contribution in [3.05, 3.63) is 65.5 Å². The first-order valence-electron chi connectivity index (χ1n) is 10.9. The van der Waals surface area contributed by atoms with Gasteiger partial charge >= 0.3 is 0 Å². The molecule has 2 aromatic rings. The maximum Gasteiger partial charge on any atom is 0.261 e. The molecule has 2 rings (SSSR count). The molecule has 5 nitrogen and oxygen atoms in total. The van der Waals surface area contributed by atoms with Crippen molar-refractivity contribution in [3.8, 4) is 5.75 Å². The van der Waals surface area contributed by atoms with Gasteiger partial charge in [-0.3, -0.25) is 9.59 Å². The number of hydrogen-bond donors (Lipinski definition) is 1. The van der Waals surface area contributed by atoms with Crippen LogP contribution in [0, 0.1) is 5.82 Å². The summed E-state index contributed by atoms with van der Waals surface area (Å²) in [6.45, 7) is 7.88. The third kappa shape index (κ3) is 7.39. The van der Waals surface area contributed by atoms with Gasteiger partial charge in [0, 0.05) is 12.6 Å². The van der Waals surface area contributed by atoms with Crippen molar-refractivity contribution in [1.82, 2.24) is 10.2 Å². The first kappa shape index (κ1) is 24.4. The average Bonchev–Trinajstić information content (AvgIpc) is 2.78. The smallest absolute Gasteiger partial charge is 0.261 e. The van der Waals surface area contributed by atoms with Gasteiger partial charge in [0.2, 0.25) is 5.91 Å². The Morgan fingerprint density at radius 2 is 1.58 bits per heavy atom. The molecule has 0 aliphatic carbocycles. The SMILES string of the molecule is CCc1ccc(OCC(=O)N(Cc2ccc(F)cc2)[C@H](CC)C(=O)N[C@@H](C)CC)cc1. The number of amides is 2. The highest BCUT2D eigenvalue weighted by Crippen LogP contribution is 2.16. The zero-order valence-electron chi connectivity index (χ0n) is 18.9. The van der Waals surface area contributed by atoms with E-state index < -0.39 is 6.04 Å². The average molecular weight is 429 g/mol. The van der Waals surface area contributed by atoms with Crippen LogP contribution in [0.15, 0.2) is 48.5 Å². The zero-order valence-corrected chi connectivity index (χ0v) is 18.9. The van der Waals surface area contributed by atoms with Gasteiger partial charge in [0.25, 0.3) is 5.91 Å². The summed E-state index contributed by atoms with van der Waals surface area (Å²) >= 11 is 0. The van der Waals surface area contributed by atoms with E-state index in [0.29, 0.717) is 12.2 Å². The zero-order chi connectivity index (χ0) is 22.8. The Morgan fingerprint density at radius 3 is 2.13 bits per heavy atom. The maximum absolute atomic E-state index is 13.3. The number of nitrogens with zero attached hydrogens (tertiary/aromatic N) is 1. The summed E-state index contributed by atoms with van der Waals surface area (Å²) in [7, 11) is 0. The van der Waals surface area contributed by atoms with Crippen LogP contribution in [0.5, 0.6) is 5.75 Å². The molecule has 0 bridgehead atoms. The first-order valence-corrected chi connectivity index (χ1v) is 10.9. The van der Waals surface area contributed by atoms with Crippen molar-refractivity contribution in [1.29, 1.82) is 0 Å². The lowest BCUT2D eigenvalue weighted by Crippen LogP contribution is -2.51. The number of benzene rings is 2. The van der Waals surface area contributed by atoms with Crippen molar-refractivity contribution in [3.63, 3.8) is 0 Å². The van der Waals surface area contributed by atoms with E-state index >= 15 is 0 Å². The summed E-state index contributed by atoms with van der Waals surface area (Å²) in [5.74, 6) is -0.235. The lowest BCUT2D eigenvalue weighted by atomic mass is 10.1. The molecular weight excluding hydrogens is 395 g/mol. The molecule has 1 N–H and O–H groups in total. The summed E-state index contributed by atoms with van der Waals surface area (Å²) in [5.41, 5.74) is 1.93. The fraction of sp³-hybridized carbons (Fsp3) is 0.440. The molecule has 0 radical (unpaired) electrons. The predicted molar refractivity (Wildman–Crippen MR) is 120 cm³/mol. The van der Waals surface area contributed by atoms with Crippen LogP contribution in [0.2, 0.25) is 0 Å². The number of carbonyl (C=O) groups excluding carboxylic acids is 2. The molecule has 0 unspecified atom stereocenters. The number of carbonyl (C=O) groups is 2. The largest absolute Gasteiger partial charge is 0.484 e. The van der Waals surface area contributed by atoms with Crippen molar-refractivity contribution < 1.29 is 18.7 Å². The van der Waals surface area contributed by atoms with Crippen molar-refractivity contribution in [2.75, 3.05) is 6.61 Å². The van der Waals surface area contributed by atoms with Gasteiger partial charge in [-0.25, -0.2) is 4.39 Å². The molecule has 0 aromatic heterocycles. The molecule has 2 aromatic carbocycles. The van der Waals surface area contributed by atoms with Crippen LogP contribution >= 0.6 is 0 Å². The molecular formula is C25H33FN2O3. The Kier molecular flexibility index (Phi) is 9.50. The molecule has 6 heteroatoms. The van der Waals surface area contributed by atoms with Crippen LogP contribution in [0.4, 0.5) is 4.39 Å². The molecule has 2 atom stereocenters. The number of ether oxygens (including phenoxy) is 1. The summed E-state index contributed by atoms with van der Waals surface area (Å²) in [6, 6.07) is 12.9. The molecule has 0 aliphatic heterocycles. The van der Waals surface area contributed by atoms with Gasteiger partial charge in [-0.05, 0) is 61.6 Å². The van der Waals surface area contributed by atoms with Gasteiger partial charge in [0.05, 0.1) is 0 Å². The van der Waals surface area contributed by atoms with Gasteiger partial charge in [-0.1, -0.05) is 45.0 Å². The monoisotopic (exact) mass is 428 g/mol. The van der Waals surface area contributed by atoms with Crippen LogP contribution < -0.4 is 10.1 Å². The Bertz CT molecular complexity index is 837. The van der Waals surface area contributed by atoms with Crippen molar-refractivity contribution in [2.45, 2.75) is 65.6 Å². The van der Waals surface area contributed by atoms with E-state index in [2.05, 4.69) is 12.2 Å². The molecule has 0 heterocycles. The molecule has 31 heavy (non-hydrogen) atoms. The lowest BCUT2D eigenvalue weighted by Gasteiger charge is -2.31. The lowest BCUT2D eigenvalue weighted by molar-refractivity contribution is -0.143. The minimum Gasteiger partial charge on any atom is -0.484 e. The van der Waals surface area contributed by atoms with E-state index in [9.17, 15) is 14.0 Å². The molecule has 168 valence electrons. The molecule has 0 saturated heterocycles. The number of halogens is 1. The second-order valence-electron chi connectivity index (χ2n) is 7.68. The summed E-state index contributed by atoms with van der Waals surface area (Å²) in [5, 5.41) is 2.96. The molecule has 0 aliphatic rings. The summed E-state index contributed by atoms with van der Waals surface area (Å²) < 4.78 is 19.0. The van der Waals surface area contributed by atoms with Crippen molar-refractivity contribution >= 4 is 11.8 Å². The highest BCUT2D eigenvalue weighted by Gasteiger charge is 2.29. The minimum absolute atomic E-state index is 0.0117. The van der Waals surface area contributed by atoms with Crippen molar-refractivity contribution in [2.24, 2.45) is 0 Å². The number of rotatable bonds is 11. The second-order valence-corrected chi connectivity index (χ2v) is 7.68. The Hall–Kier alpha value is -2.89. The van der Waals surface area contributed by atoms with Gasteiger partial charge < -0.3 is 15.0 Å². The van der Waals surface area contributed by atoms with Crippen LogP contribution in [-0.2, 0) is 22.6 Å². The van der Waals surface area contributed by atoms with E-state index in [0.717, 1.165) is 18.4 Å². The molecule has 2 amide bonds. The highest BCUT2D eigenvalue weighted by atomic mass is 19.1. The number of aryl methyl sites for hydroxylation is 1. The van der Waals surface area contributed by atoms with E-state index in [-0.39, 0.29) is 36.8 Å². The number of hydrogen-bond acceptors (Lipinski definition) is 3. The third-order valence-corrected chi connectivity index (χ3v) is 5.35. The van der Waals surface area contributed by atoms with E-state index in [1.807, 2.05) is 45.0 Å².